The largest absolute Gasteiger partial charge is 0.393 e. The second-order valence-electron chi connectivity index (χ2n) is 10.4. The van der Waals surface area contributed by atoms with Crippen molar-refractivity contribution < 1.29 is 14.3 Å². The van der Waals surface area contributed by atoms with Gasteiger partial charge in [0.25, 0.3) is 5.56 Å². The molecule has 0 aliphatic carbocycles. The van der Waals surface area contributed by atoms with Gasteiger partial charge in [0.05, 0.1) is 41.7 Å². The van der Waals surface area contributed by atoms with E-state index in [1.165, 1.54) is 46.0 Å². The summed E-state index contributed by atoms with van der Waals surface area (Å²) in [5.41, 5.74) is 2.93. The Hall–Kier alpha value is -4.45. The molecule has 1 aliphatic rings. The zero-order chi connectivity index (χ0) is 30.2. The highest BCUT2D eigenvalue weighted by molar-refractivity contribution is 6.31. The van der Waals surface area contributed by atoms with Crippen LogP contribution in [0.3, 0.4) is 0 Å². The van der Waals surface area contributed by atoms with Crippen molar-refractivity contribution in [1.29, 1.82) is 0 Å². The van der Waals surface area contributed by atoms with Gasteiger partial charge in [0.15, 0.2) is 5.15 Å². The van der Waals surface area contributed by atoms with Gasteiger partial charge in [-0.1, -0.05) is 35.3 Å². The molecule has 0 fully saturated rings. The molecular weight excluding hydrogens is 596 g/mol. The van der Waals surface area contributed by atoms with Crippen LogP contribution in [0.4, 0.5) is 10.1 Å². The SMILES string of the molecule is C[C@@H]1CC(O)C[C@H](n2cnc(-c3cc(Cl)ccc3-n3cc(Cl)nn3)cc2=O)c2cc(ccn2)-c2cc(F)ccc2NC1=O. The lowest BCUT2D eigenvalue weighted by molar-refractivity contribution is -0.120. The molecule has 2 bridgehead atoms. The summed E-state index contributed by atoms with van der Waals surface area (Å²) in [6.45, 7) is 1.70. The van der Waals surface area contributed by atoms with Gasteiger partial charge in [0.2, 0.25) is 5.91 Å². The molecule has 4 heterocycles. The number of aromatic nitrogens is 6. The van der Waals surface area contributed by atoms with Crippen LogP contribution in [-0.4, -0.2) is 46.6 Å². The van der Waals surface area contributed by atoms with E-state index in [2.05, 4.69) is 25.6 Å². The van der Waals surface area contributed by atoms with Gasteiger partial charge in [-0.05, 0) is 66.9 Å². The normalized spacial score (nSPS) is 18.7. The second kappa shape index (κ2) is 11.7. The van der Waals surface area contributed by atoms with Crippen LogP contribution in [0, 0.1) is 11.7 Å². The van der Waals surface area contributed by atoms with Gasteiger partial charge in [-0.3, -0.25) is 19.1 Å². The van der Waals surface area contributed by atoms with Gasteiger partial charge in [-0.15, -0.1) is 5.10 Å². The number of aliphatic hydroxyl groups excluding tert-OH is 1. The summed E-state index contributed by atoms with van der Waals surface area (Å²) in [6.07, 6.45) is 3.70. The van der Waals surface area contributed by atoms with Crippen LogP contribution in [0.2, 0.25) is 10.2 Å². The van der Waals surface area contributed by atoms with Crippen LogP contribution < -0.4 is 10.9 Å². The van der Waals surface area contributed by atoms with E-state index in [0.29, 0.717) is 44.5 Å². The monoisotopic (exact) mass is 619 g/mol. The van der Waals surface area contributed by atoms with Crippen molar-refractivity contribution in [3.05, 3.63) is 105 Å². The van der Waals surface area contributed by atoms with Gasteiger partial charge in [-0.25, -0.2) is 14.1 Å². The Morgan fingerprint density at radius 2 is 1.84 bits per heavy atom. The third-order valence-electron chi connectivity index (χ3n) is 7.36. The number of hydrogen-bond acceptors (Lipinski definition) is 7. The maximum Gasteiger partial charge on any atom is 0.254 e. The lowest BCUT2D eigenvalue weighted by Gasteiger charge is -2.25. The minimum Gasteiger partial charge on any atom is -0.393 e. The maximum atomic E-state index is 14.3. The Morgan fingerprint density at radius 3 is 2.60 bits per heavy atom. The van der Waals surface area contributed by atoms with E-state index in [9.17, 15) is 19.1 Å². The molecule has 43 heavy (non-hydrogen) atoms. The van der Waals surface area contributed by atoms with Crippen molar-refractivity contribution in [2.45, 2.75) is 31.9 Å². The molecule has 0 spiro atoms. The third-order valence-corrected chi connectivity index (χ3v) is 7.77. The summed E-state index contributed by atoms with van der Waals surface area (Å²) in [7, 11) is 0. The number of carbonyl (C=O) groups is 1. The molecule has 218 valence electrons. The molecule has 2 aromatic carbocycles. The molecule has 10 nitrogen and oxygen atoms in total. The number of rotatable bonds is 3. The van der Waals surface area contributed by atoms with E-state index in [1.54, 1.807) is 43.5 Å². The summed E-state index contributed by atoms with van der Waals surface area (Å²) < 4.78 is 17.2. The highest BCUT2D eigenvalue weighted by atomic mass is 35.5. The first kappa shape index (κ1) is 28.7. The van der Waals surface area contributed by atoms with Crippen molar-refractivity contribution in [2.75, 3.05) is 5.32 Å². The molecule has 13 heteroatoms. The number of anilines is 1. The van der Waals surface area contributed by atoms with Gasteiger partial charge >= 0.3 is 0 Å². The molecule has 0 saturated carbocycles. The standard InChI is InChI=1S/C30H24Cl2FN7O3/c1-16-8-20(41)12-27(25-9-17(6-7-34-25)21-11-19(33)3-4-23(21)36-30(16)43)39-15-35-24(13-29(39)42)22-10-18(31)2-5-26(22)40-14-28(32)37-38-40/h2-7,9-11,13-16,20,27,41H,8,12H2,1H3,(H,36,43)/t16-,20?,27+/m1/s1. The molecule has 1 unspecified atom stereocenters. The smallest absolute Gasteiger partial charge is 0.254 e. The zero-order valence-corrected chi connectivity index (χ0v) is 24.2. The van der Waals surface area contributed by atoms with Crippen molar-refractivity contribution in [3.63, 3.8) is 0 Å². The van der Waals surface area contributed by atoms with E-state index in [0.717, 1.165) is 0 Å². The predicted octanol–water partition coefficient (Wildman–Crippen LogP) is 5.32. The number of benzene rings is 2. The quantitative estimate of drug-likeness (QED) is 0.280. The van der Waals surface area contributed by atoms with E-state index < -0.39 is 29.4 Å². The molecule has 5 aromatic rings. The lowest BCUT2D eigenvalue weighted by Crippen LogP contribution is -2.31. The van der Waals surface area contributed by atoms with E-state index in [4.69, 9.17) is 23.2 Å². The fourth-order valence-electron chi connectivity index (χ4n) is 5.23. The van der Waals surface area contributed by atoms with Crippen LogP contribution in [0.1, 0.15) is 31.5 Å². The summed E-state index contributed by atoms with van der Waals surface area (Å²) in [6, 6.07) is 13.2. The summed E-state index contributed by atoms with van der Waals surface area (Å²) in [5.74, 6) is -1.35. The number of pyridine rings is 1. The Kier molecular flexibility index (Phi) is 7.78. The Morgan fingerprint density at radius 1 is 1.00 bits per heavy atom. The van der Waals surface area contributed by atoms with Crippen molar-refractivity contribution in [1.82, 2.24) is 29.5 Å². The first-order valence-electron chi connectivity index (χ1n) is 13.4. The molecule has 1 aliphatic heterocycles. The average molecular weight is 620 g/mol. The molecule has 0 saturated heterocycles. The number of aliphatic hydroxyl groups is 1. The predicted molar refractivity (Wildman–Crippen MR) is 160 cm³/mol. The number of nitrogens with zero attached hydrogens (tertiary/aromatic N) is 6. The van der Waals surface area contributed by atoms with Gasteiger partial charge in [0.1, 0.15) is 5.82 Å². The summed E-state index contributed by atoms with van der Waals surface area (Å²) >= 11 is 12.3. The topological polar surface area (TPSA) is 128 Å². The number of amides is 1. The molecule has 6 rings (SSSR count). The number of hydrogen-bond donors (Lipinski definition) is 2. The number of nitrogens with one attached hydrogen (secondary N) is 1. The second-order valence-corrected chi connectivity index (χ2v) is 11.2. The maximum absolute atomic E-state index is 14.3. The van der Waals surface area contributed by atoms with Crippen LogP contribution in [0.5, 0.6) is 0 Å². The van der Waals surface area contributed by atoms with Crippen LogP contribution in [-0.2, 0) is 4.79 Å². The van der Waals surface area contributed by atoms with Crippen molar-refractivity contribution >= 4 is 34.8 Å². The Balaban J connectivity index is 1.46. The highest BCUT2D eigenvalue weighted by Crippen LogP contribution is 2.34. The molecule has 1 amide bonds. The minimum atomic E-state index is -0.952. The van der Waals surface area contributed by atoms with Crippen LogP contribution in [0.15, 0.2) is 78.1 Å². The van der Waals surface area contributed by atoms with E-state index in [-0.39, 0.29) is 23.9 Å². The Bertz CT molecular complexity index is 1910. The van der Waals surface area contributed by atoms with Gasteiger partial charge in [0, 0.05) is 40.0 Å². The molecule has 0 radical (unpaired) electrons. The summed E-state index contributed by atoms with van der Waals surface area (Å²) in [4.78, 5) is 35.8. The molecule has 2 N–H and O–H groups in total. The number of halogens is 3. The van der Waals surface area contributed by atoms with E-state index >= 15 is 0 Å². The average Bonchev–Trinajstić information content (AvgIpc) is 3.42. The summed E-state index contributed by atoms with van der Waals surface area (Å²) in [5, 5.41) is 22.4. The van der Waals surface area contributed by atoms with Crippen LogP contribution in [0.25, 0.3) is 28.1 Å². The van der Waals surface area contributed by atoms with Crippen molar-refractivity contribution in [3.8, 4) is 28.1 Å². The minimum absolute atomic E-state index is 0.0743. The fourth-order valence-corrected chi connectivity index (χ4v) is 5.53. The Labute approximate surface area is 254 Å². The van der Waals surface area contributed by atoms with Crippen LogP contribution >= 0.6 is 23.2 Å². The molecular formula is C30H24Cl2FN7O3. The first-order chi connectivity index (χ1) is 20.7. The van der Waals surface area contributed by atoms with Gasteiger partial charge in [-0.2, -0.15) is 0 Å². The molecule has 3 aromatic heterocycles. The van der Waals surface area contributed by atoms with Crippen molar-refractivity contribution in [2.24, 2.45) is 5.92 Å². The lowest BCUT2D eigenvalue weighted by atomic mass is 9.93. The fraction of sp³-hybridized carbons (Fsp3) is 0.200. The number of carbonyl (C=O) groups excluding carboxylic acids is 1. The number of fused-ring (bicyclic) bond motifs is 4. The zero-order valence-electron chi connectivity index (χ0n) is 22.7. The van der Waals surface area contributed by atoms with E-state index in [1.807, 2.05) is 0 Å². The van der Waals surface area contributed by atoms with Gasteiger partial charge < -0.3 is 10.4 Å². The first-order valence-corrected chi connectivity index (χ1v) is 14.1. The third kappa shape index (κ3) is 5.92. The highest BCUT2D eigenvalue weighted by Gasteiger charge is 2.27. The molecule has 3 atom stereocenters.